The van der Waals surface area contributed by atoms with Crippen LogP contribution in [0.15, 0.2) is 42.6 Å². The maximum Gasteiger partial charge on any atom is 0.0975 e. The number of aromatic nitrogens is 2. The number of hydrogen-bond donors (Lipinski definition) is 0. The molecule has 3 aromatic rings. The van der Waals surface area contributed by atoms with Gasteiger partial charge in [-0.05, 0) is 12.3 Å². The second-order valence-electron chi connectivity index (χ2n) is 4.42. The largest absolute Gasteiger partial charge is 0.252 e. The van der Waals surface area contributed by atoms with Gasteiger partial charge in [-0.25, -0.2) is 4.98 Å². The molecule has 0 saturated carbocycles. The third-order valence-electron chi connectivity index (χ3n) is 3.31. The van der Waals surface area contributed by atoms with Gasteiger partial charge in [0.05, 0.1) is 17.1 Å². The van der Waals surface area contributed by atoms with Crippen LogP contribution >= 0.6 is 0 Å². The van der Waals surface area contributed by atoms with E-state index in [1.807, 2.05) is 13.1 Å². The van der Waals surface area contributed by atoms with Gasteiger partial charge in [0.2, 0.25) is 0 Å². The average Bonchev–Trinajstić information content (AvgIpc) is 2.67. The quantitative estimate of drug-likeness (QED) is 0.451. The first-order valence-corrected chi connectivity index (χ1v) is 5.71. The molecule has 1 aliphatic rings. The van der Waals surface area contributed by atoms with Gasteiger partial charge in [0.1, 0.15) is 0 Å². The van der Waals surface area contributed by atoms with Crippen LogP contribution < -0.4 is 0 Å². The smallest absolute Gasteiger partial charge is 0.0975 e. The fourth-order valence-corrected chi connectivity index (χ4v) is 2.60. The van der Waals surface area contributed by atoms with Gasteiger partial charge in [-0.1, -0.05) is 36.4 Å². The van der Waals surface area contributed by atoms with Crippen molar-refractivity contribution in [3.8, 4) is 22.5 Å². The lowest BCUT2D eigenvalue weighted by Gasteiger charge is -2.00. The molecule has 0 fully saturated rings. The van der Waals surface area contributed by atoms with Crippen LogP contribution in [0.3, 0.4) is 0 Å². The van der Waals surface area contributed by atoms with Gasteiger partial charge in [-0.3, -0.25) is 4.98 Å². The van der Waals surface area contributed by atoms with Crippen LogP contribution in [0.25, 0.3) is 33.3 Å². The van der Waals surface area contributed by atoms with Crippen molar-refractivity contribution in [3.05, 3.63) is 48.3 Å². The summed E-state index contributed by atoms with van der Waals surface area (Å²) in [5, 5.41) is 2.55. The predicted octanol–water partition coefficient (Wildman–Crippen LogP) is 3.59. The van der Waals surface area contributed by atoms with Crippen LogP contribution in [-0.2, 0) is 0 Å². The normalized spacial score (nSPS) is 11.8. The molecule has 17 heavy (non-hydrogen) atoms. The van der Waals surface area contributed by atoms with E-state index in [2.05, 4.69) is 46.4 Å². The molecule has 0 N–H and O–H groups in total. The molecule has 4 rings (SSSR count). The van der Waals surface area contributed by atoms with Gasteiger partial charge < -0.3 is 0 Å². The lowest BCUT2D eigenvalue weighted by Crippen LogP contribution is -1.89. The number of nitrogens with zero attached hydrogens (tertiary/aromatic N) is 2. The molecule has 2 nitrogen and oxygen atoms in total. The summed E-state index contributed by atoms with van der Waals surface area (Å²) in [5.74, 6) is 0. The predicted molar refractivity (Wildman–Crippen MR) is 68.7 cm³/mol. The minimum Gasteiger partial charge on any atom is -0.252 e. The van der Waals surface area contributed by atoms with E-state index in [1.165, 1.54) is 21.9 Å². The van der Waals surface area contributed by atoms with Gasteiger partial charge in [0, 0.05) is 22.7 Å². The first-order valence-electron chi connectivity index (χ1n) is 5.71. The molecule has 1 aromatic heterocycles. The Morgan fingerprint density at radius 2 is 1.59 bits per heavy atom. The van der Waals surface area contributed by atoms with Gasteiger partial charge in [-0.2, -0.15) is 0 Å². The molecule has 0 bridgehead atoms. The molecule has 1 aliphatic carbocycles. The average molecular weight is 218 g/mol. The molecule has 0 radical (unpaired) electrons. The summed E-state index contributed by atoms with van der Waals surface area (Å²) in [6.45, 7) is 1.98. The third kappa shape index (κ3) is 1.04. The Morgan fingerprint density at radius 3 is 2.35 bits per heavy atom. The topological polar surface area (TPSA) is 25.8 Å². The monoisotopic (exact) mass is 218 g/mol. The maximum absolute atomic E-state index is 4.63. The van der Waals surface area contributed by atoms with Crippen LogP contribution in [0.1, 0.15) is 5.69 Å². The highest BCUT2D eigenvalue weighted by atomic mass is 14.8. The first-order chi connectivity index (χ1) is 8.34. The van der Waals surface area contributed by atoms with Crippen molar-refractivity contribution in [2.45, 2.75) is 6.92 Å². The summed E-state index contributed by atoms with van der Waals surface area (Å²) in [4.78, 5) is 9.17. The van der Waals surface area contributed by atoms with E-state index in [0.717, 1.165) is 17.1 Å². The Hall–Kier alpha value is -2.22. The SMILES string of the molecule is Cc1cnc2c(n1)-c1cccc3cccc-2c13. The molecule has 0 atom stereocenters. The van der Waals surface area contributed by atoms with Crippen LogP contribution in [0.5, 0.6) is 0 Å². The molecular weight excluding hydrogens is 208 g/mol. The Kier molecular flexibility index (Phi) is 1.52. The van der Waals surface area contributed by atoms with Gasteiger partial charge in [-0.15, -0.1) is 0 Å². The molecule has 0 unspecified atom stereocenters. The molecular formula is C15H10N2. The van der Waals surface area contributed by atoms with Crippen molar-refractivity contribution in [3.63, 3.8) is 0 Å². The maximum atomic E-state index is 4.63. The lowest BCUT2D eigenvalue weighted by molar-refractivity contribution is 1.14. The fraction of sp³-hybridized carbons (Fsp3) is 0.0667. The Balaban J connectivity index is 2.26. The highest BCUT2D eigenvalue weighted by Gasteiger charge is 2.23. The number of benzene rings is 2. The van der Waals surface area contributed by atoms with E-state index in [-0.39, 0.29) is 0 Å². The summed E-state index contributed by atoms with van der Waals surface area (Å²) in [6, 6.07) is 12.7. The van der Waals surface area contributed by atoms with Gasteiger partial charge in [0.25, 0.3) is 0 Å². The summed E-state index contributed by atoms with van der Waals surface area (Å²) in [6.07, 6.45) is 1.84. The Morgan fingerprint density at radius 1 is 0.882 bits per heavy atom. The highest BCUT2D eigenvalue weighted by molar-refractivity contribution is 6.13. The van der Waals surface area contributed by atoms with E-state index < -0.39 is 0 Å². The van der Waals surface area contributed by atoms with Crippen molar-refractivity contribution in [1.29, 1.82) is 0 Å². The molecule has 80 valence electrons. The van der Waals surface area contributed by atoms with Gasteiger partial charge in [0.15, 0.2) is 0 Å². The van der Waals surface area contributed by atoms with Crippen LogP contribution in [0, 0.1) is 6.92 Å². The minimum absolute atomic E-state index is 0.966. The van der Waals surface area contributed by atoms with E-state index in [1.54, 1.807) is 0 Å². The second kappa shape index (κ2) is 2.92. The zero-order valence-corrected chi connectivity index (χ0v) is 9.44. The fourth-order valence-electron chi connectivity index (χ4n) is 2.60. The number of hydrogen-bond acceptors (Lipinski definition) is 2. The van der Waals surface area contributed by atoms with E-state index in [0.29, 0.717) is 0 Å². The molecule has 1 heterocycles. The van der Waals surface area contributed by atoms with Crippen molar-refractivity contribution in [1.82, 2.24) is 9.97 Å². The van der Waals surface area contributed by atoms with Crippen LogP contribution in [0.4, 0.5) is 0 Å². The summed E-state index contributed by atoms with van der Waals surface area (Å²) in [5.41, 5.74) is 5.43. The second-order valence-corrected chi connectivity index (χ2v) is 4.42. The van der Waals surface area contributed by atoms with E-state index in [9.17, 15) is 0 Å². The standard InChI is InChI=1S/C15H10N2/c1-9-8-16-14-11-6-2-4-10-5-3-7-12(13(10)11)15(14)17-9/h2-8H,1H3. The molecule has 2 aromatic carbocycles. The third-order valence-corrected chi connectivity index (χ3v) is 3.31. The Labute approximate surface area is 99.0 Å². The molecule has 2 heteroatoms. The zero-order chi connectivity index (χ0) is 11.4. The summed E-state index contributed by atoms with van der Waals surface area (Å²) in [7, 11) is 0. The van der Waals surface area contributed by atoms with E-state index >= 15 is 0 Å². The minimum atomic E-state index is 0.966. The Bertz CT molecular complexity index is 755. The zero-order valence-electron chi connectivity index (χ0n) is 9.44. The van der Waals surface area contributed by atoms with E-state index in [4.69, 9.17) is 0 Å². The molecule has 0 aliphatic heterocycles. The molecule has 0 amide bonds. The summed E-state index contributed by atoms with van der Waals surface area (Å²) >= 11 is 0. The number of fused-ring (bicyclic) bond motifs is 3. The number of aryl methyl sites for hydroxylation is 1. The molecule has 0 spiro atoms. The van der Waals surface area contributed by atoms with Crippen molar-refractivity contribution >= 4 is 10.8 Å². The lowest BCUT2D eigenvalue weighted by atomic mass is 10.0. The van der Waals surface area contributed by atoms with Crippen LogP contribution in [-0.4, -0.2) is 9.97 Å². The highest BCUT2D eigenvalue weighted by Crippen LogP contribution is 2.44. The van der Waals surface area contributed by atoms with Crippen molar-refractivity contribution < 1.29 is 0 Å². The first kappa shape index (κ1) is 8.88. The molecule has 0 saturated heterocycles. The number of rotatable bonds is 0. The van der Waals surface area contributed by atoms with Crippen molar-refractivity contribution in [2.24, 2.45) is 0 Å². The summed E-state index contributed by atoms with van der Waals surface area (Å²) < 4.78 is 0. The van der Waals surface area contributed by atoms with Crippen LogP contribution in [0.2, 0.25) is 0 Å². The van der Waals surface area contributed by atoms with Gasteiger partial charge >= 0.3 is 0 Å². The van der Waals surface area contributed by atoms with Crippen molar-refractivity contribution in [2.75, 3.05) is 0 Å².